The van der Waals surface area contributed by atoms with Crippen LogP contribution in [0.2, 0.25) is 18.1 Å². The van der Waals surface area contributed by atoms with Crippen molar-refractivity contribution in [1.82, 2.24) is 0 Å². The first-order chi connectivity index (χ1) is 13.8. The number of ketones is 1. The van der Waals surface area contributed by atoms with E-state index in [-0.39, 0.29) is 17.4 Å². The van der Waals surface area contributed by atoms with Crippen LogP contribution in [0, 0.1) is 0 Å². The summed E-state index contributed by atoms with van der Waals surface area (Å²) < 4.78 is 30.5. The van der Waals surface area contributed by atoms with E-state index in [1.54, 1.807) is 0 Å². The number of ether oxygens (including phenoxy) is 4. The summed E-state index contributed by atoms with van der Waals surface area (Å²) in [5.74, 6) is -0.937. The molecule has 2 aliphatic rings. The summed E-state index contributed by atoms with van der Waals surface area (Å²) in [6, 6.07) is 9.86. The van der Waals surface area contributed by atoms with Crippen LogP contribution in [-0.2, 0) is 34.8 Å². The molecule has 4 atom stereocenters. The number of fused-ring (bicyclic) bond motifs is 1. The van der Waals surface area contributed by atoms with Crippen LogP contribution in [0.5, 0.6) is 0 Å². The second kappa shape index (κ2) is 8.11. The molecule has 0 aliphatic carbocycles. The molecule has 0 aromatic heterocycles. The molecule has 7 heteroatoms. The second-order valence-electron chi connectivity index (χ2n) is 10.4. The molecule has 1 aromatic rings. The van der Waals surface area contributed by atoms with E-state index in [1.807, 2.05) is 51.1 Å². The first-order valence-corrected chi connectivity index (χ1v) is 13.5. The van der Waals surface area contributed by atoms with Crippen LogP contribution < -0.4 is 0 Å². The summed E-state index contributed by atoms with van der Waals surface area (Å²) in [5, 5.41) is 0.0175. The van der Waals surface area contributed by atoms with Crippen molar-refractivity contribution in [3.63, 3.8) is 0 Å². The highest BCUT2D eigenvalue weighted by atomic mass is 28.4. The normalized spacial score (nSPS) is 31.0. The molecule has 6 nitrogen and oxygen atoms in total. The van der Waals surface area contributed by atoms with Crippen molar-refractivity contribution in [1.29, 1.82) is 0 Å². The fourth-order valence-corrected chi connectivity index (χ4v) is 4.48. The van der Waals surface area contributed by atoms with E-state index < -0.39 is 38.2 Å². The second-order valence-corrected chi connectivity index (χ2v) is 15.2. The maximum absolute atomic E-state index is 13.2. The maximum Gasteiger partial charge on any atom is 0.192 e. The van der Waals surface area contributed by atoms with E-state index in [0.29, 0.717) is 6.61 Å². The lowest BCUT2D eigenvalue weighted by molar-refractivity contribution is -0.233. The summed E-state index contributed by atoms with van der Waals surface area (Å²) in [6.07, 6.45) is -1.97. The van der Waals surface area contributed by atoms with Crippen molar-refractivity contribution >= 4 is 14.1 Å². The predicted molar refractivity (Wildman–Crippen MR) is 116 cm³/mol. The van der Waals surface area contributed by atoms with Gasteiger partial charge in [0.05, 0.1) is 13.2 Å². The third-order valence-corrected chi connectivity index (χ3v) is 11.0. The fourth-order valence-electron chi connectivity index (χ4n) is 3.55. The van der Waals surface area contributed by atoms with E-state index in [0.717, 1.165) is 5.56 Å². The first-order valence-electron chi connectivity index (χ1n) is 10.6. The smallest absolute Gasteiger partial charge is 0.192 e. The summed E-state index contributed by atoms with van der Waals surface area (Å²) >= 11 is 0. The van der Waals surface area contributed by atoms with Crippen molar-refractivity contribution < 1.29 is 28.2 Å². The molecule has 0 unspecified atom stereocenters. The summed E-state index contributed by atoms with van der Waals surface area (Å²) in [5.41, 5.74) is 0.0337. The standard InChI is InChI=1S/C23H36O6Si/c1-21(2,3)30(7,8)26-15-17(24)18-23(6,25-14-16-12-10-9-11-13-16)19-20(27-18)29-22(4,5)28-19/h9-13,18-20H,14-15H2,1-8H3/t18-,19+,20-,23-/m1/s1. The van der Waals surface area contributed by atoms with Gasteiger partial charge in [-0.1, -0.05) is 51.1 Å². The number of hydrogen-bond donors (Lipinski definition) is 0. The Balaban J connectivity index is 1.77. The number of rotatable bonds is 7. The van der Waals surface area contributed by atoms with E-state index in [1.165, 1.54) is 0 Å². The van der Waals surface area contributed by atoms with Crippen molar-refractivity contribution in [2.75, 3.05) is 6.61 Å². The molecule has 0 amide bonds. The molecular weight excluding hydrogens is 400 g/mol. The van der Waals surface area contributed by atoms with Gasteiger partial charge in [0.25, 0.3) is 0 Å². The molecule has 3 rings (SSSR count). The minimum Gasteiger partial charge on any atom is -0.409 e. The first kappa shape index (κ1) is 23.6. The van der Waals surface area contributed by atoms with Gasteiger partial charge >= 0.3 is 0 Å². The Bertz CT molecular complexity index is 757. The van der Waals surface area contributed by atoms with Crippen LogP contribution in [0.25, 0.3) is 0 Å². The average molecular weight is 437 g/mol. The third kappa shape index (κ3) is 4.71. The van der Waals surface area contributed by atoms with E-state index in [2.05, 4.69) is 33.9 Å². The SMILES string of the molecule is CC1(C)O[C@H]2O[C@H](C(=O)CO[Si](C)(C)C(C)(C)C)[C@@](C)(OCc3ccccc3)[C@H]2O1. The zero-order valence-corrected chi connectivity index (χ0v) is 20.5. The average Bonchev–Trinajstić information content (AvgIpc) is 3.09. The summed E-state index contributed by atoms with van der Waals surface area (Å²) in [7, 11) is -2.07. The molecule has 0 N–H and O–H groups in total. The lowest BCUT2D eigenvalue weighted by Crippen LogP contribution is -2.53. The largest absolute Gasteiger partial charge is 0.409 e. The molecule has 0 spiro atoms. The van der Waals surface area contributed by atoms with Gasteiger partial charge in [-0.3, -0.25) is 4.79 Å². The van der Waals surface area contributed by atoms with Crippen LogP contribution in [-0.4, -0.2) is 50.6 Å². The van der Waals surface area contributed by atoms with Crippen LogP contribution in [0.1, 0.15) is 47.1 Å². The Hall–Kier alpha value is -1.09. The van der Waals surface area contributed by atoms with Gasteiger partial charge in [0.1, 0.15) is 11.7 Å². The molecule has 0 bridgehead atoms. The zero-order chi connectivity index (χ0) is 22.4. The van der Waals surface area contributed by atoms with Crippen LogP contribution in [0.3, 0.4) is 0 Å². The zero-order valence-electron chi connectivity index (χ0n) is 19.5. The molecule has 168 valence electrons. The predicted octanol–water partition coefficient (Wildman–Crippen LogP) is 4.43. The van der Waals surface area contributed by atoms with Crippen molar-refractivity contribution in [3.05, 3.63) is 35.9 Å². The van der Waals surface area contributed by atoms with Gasteiger partial charge in [-0.15, -0.1) is 0 Å². The van der Waals surface area contributed by atoms with Gasteiger partial charge in [-0.25, -0.2) is 0 Å². The van der Waals surface area contributed by atoms with Crippen LogP contribution in [0.4, 0.5) is 0 Å². The Labute approximate surface area is 181 Å². The highest BCUT2D eigenvalue weighted by Gasteiger charge is 2.64. The summed E-state index contributed by atoms with van der Waals surface area (Å²) in [6.45, 7) is 16.6. The van der Waals surface area contributed by atoms with Gasteiger partial charge in [0.2, 0.25) is 0 Å². The van der Waals surface area contributed by atoms with Crippen molar-refractivity contribution in [2.24, 2.45) is 0 Å². The van der Waals surface area contributed by atoms with E-state index in [4.69, 9.17) is 23.4 Å². The highest BCUT2D eigenvalue weighted by molar-refractivity contribution is 6.74. The van der Waals surface area contributed by atoms with Gasteiger partial charge in [-0.05, 0) is 44.5 Å². The van der Waals surface area contributed by atoms with Gasteiger partial charge in [0, 0.05) is 0 Å². The van der Waals surface area contributed by atoms with Gasteiger partial charge < -0.3 is 23.4 Å². The fraction of sp³-hybridized carbons (Fsp3) is 0.696. The van der Waals surface area contributed by atoms with Crippen LogP contribution in [0.15, 0.2) is 30.3 Å². The molecule has 2 aliphatic heterocycles. The number of carbonyl (C=O) groups is 1. The molecular formula is C23H36O6Si. The molecule has 2 heterocycles. The lowest BCUT2D eigenvalue weighted by Gasteiger charge is -2.37. The molecule has 0 saturated carbocycles. The molecule has 2 fully saturated rings. The van der Waals surface area contributed by atoms with Crippen molar-refractivity contribution in [3.8, 4) is 0 Å². The Morgan fingerprint density at radius 3 is 2.33 bits per heavy atom. The minimum absolute atomic E-state index is 0.00568. The number of benzene rings is 1. The Morgan fingerprint density at radius 1 is 1.10 bits per heavy atom. The summed E-state index contributed by atoms with van der Waals surface area (Å²) in [4.78, 5) is 13.2. The number of hydrogen-bond acceptors (Lipinski definition) is 6. The molecule has 0 radical (unpaired) electrons. The van der Waals surface area contributed by atoms with Crippen LogP contribution >= 0.6 is 0 Å². The Morgan fingerprint density at radius 2 is 1.73 bits per heavy atom. The molecule has 1 aromatic carbocycles. The van der Waals surface area contributed by atoms with Gasteiger partial charge in [-0.2, -0.15) is 0 Å². The van der Waals surface area contributed by atoms with Gasteiger partial charge in [0.15, 0.2) is 32.3 Å². The van der Waals surface area contributed by atoms with E-state index in [9.17, 15) is 4.79 Å². The van der Waals surface area contributed by atoms with E-state index >= 15 is 0 Å². The number of carbonyl (C=O) groups excluding carboxylic acids is 1. The minimum atomic E-state index is -2.07. The monoisotopic (exact) mass is 436 g/mol. The maximum atomic E-state index is 13.2. The molecule has 2 saturated heterocycles. The van der Waals surface area contributed by atoms with Crippen molar-refractivity contribution in [2.45, 2.75) is 96.2 Å². The topological polar surface area (TPSA) is 63.2 Å². The number of Topliss-reactive ketones (excluding diaryl/α,β-unsaturated/α-hetero) is 1. The highest BCUT2D eigenvalue weighted by Crippen LogP contribution is 2.46. The lowest BCUT2D eigenvalue weighted by atomic mass is 9.91. The Kier molecular flexibility index (Phi) is 6.37. The molecule has 30 heavy (non-hydrogen) atoms. The quantitative estimate of drug-likeness (QED) is 0.589. The third-order valence-electron chi connectivity index (χ3n) is 6.48.